The van der Waals surface area contributed by atoms with Gasteiger partial charge >= 0.3 is 5.97 Å². The maximum absolute atomic E-state index is 14.6. The van der Waals surface area contributed by atoms with Gasteiger partial charge in [0.25, 0.3) is 5.91 Å². The van der Waals surface area contributed by atoms with Crippen LogP contribution in [0.5, 0.6) is 0 Å². The lowest BCUT2D eigenvalue weighted by atomic mass is 9.84. The predicted molar refractivity (Wildman–Crippen MR) is 249 cm³/mol. The van der Waals surface area contributed by atoms with Crippen molar-refractivity contribution in [1.29, 1.82) is 0 Å². The van der Waals surface area contributed by atoms with E-state index in [-0.39, 0.29) is 43.4 Å². The number of hydrazine groups is 1. The molecule has 1 unspecified atom stereocenters. The minimum absolute atomic E-state index is 0.0682. The number of rotatable bonds is 11. The standard InChI is InChI=1S/C48H66N8O7S/c1-11-15-32(41(49)29(6)62-10)43-34-24-48(7,8)27-63-47(61)35-16-14-20-56(52-35)46(60)36(23-39-50-37(26-64-39)30-17-18-38(33(34)22-30)55(43)13-3)51-44(58)42(28(4)5)53(9)45(59)31-19-21-54(25-31)40(57)12-2/h11-12,15,17-18,22,26,28-29,31,35-36,42,52H,2,13-14,16,19-21,23-25,27,49H2,1,3-10H3,(H,51,58)/b15-11-,41-32+/t29-,31-,35-,36-,42?/m0/s1. The average Bonchev–Trinajstić information content (AvgIpc) is 4.04. The Hall–Kier alpha value is -5.32. The summed E-state index contributed by atoms with van der Waals surface area (Å²) in [6.45, 7) is 19.2. The van der Waals surface area contributed by atoms with Gasteiger partial charge in [-0.15, -0.1) is 11.3 Å². The molecule has 1 aromatic carbocycles. The summed E-state index contributed by atoms with van der Waals surface area (Å²) in [5, 5.41) is 8.03. The Morgan fingerprint density at radius 3 is 2.61 bits per heavy atom. The number of likely N-dealkylation sites (N-methyl/N-ethyl adjacent to an activating group) is 1. The number of carbonyl (C=O) groups excluding carboxylic acids is 5. The number of nitrogens with zero attached hydrogens (tertiary/aromatic N) is 5. The molecule has 64 heavy (non-hydrogen) atoms. The van der Waals surface area contributed by atoms with Crippen LogP contribution in [0.15, 0.2) is 54.1 Å². The van der Waals surface area contributed by atoms with Crippen LogP contribution in [-0.2, 0) is 52.8 Å². The highest BCUT2D eigenvalue weighted by Gasteiger charge is 2.40. The van der Waals surface area contributed by atoms with E-state index in [0.717, 1.165) is 39.0 Å². The van der Waals surface area contributed by atoms with E-state index in [1.54, 1.807) is 19.1 Å². The second kappa shape index (κ2) is 20.2. The van der Waals surface area contributed by atoms with E-state index in [1.165, 1.54) is 27.3 Å². The molecule has 346 valence electrons. The second-order valence-corrected chi connectivity index (χ2v) is 19.3. The number of aromatic nitrogens is 2. The van der Waals surface area contributed by atoms with Crippen molar-refractivity contribution in [2.45, 2.75) is 111 Å². The Balaban J connectivity index is 1.41. The van der Waals surface area contributed by atoms with Crippen molar-refractivity contribution < 1.29 is 33.4 Å². The van der Waals surface area contributed by atoms with Crippen molar-refractivity contribution in [3.8, 4) is 11.3 Å². The molecule has 2 saturated heterocycles. The third-order valence-corrected chi connectivity index (χ3v) is 13.6. The SMILES string of the molecule is C=CC(=O)N1CC[C@H](C(=O)N(C)C(C(=O)N[C@H]2Cc3nc(cs3)-c3ccc4c(c3)c(c(C(/C=C\C)=C(/N)[C@H](C)OC)n4CC)CC(C)(C)COC(=O)[C@@H]3CCCN(N3)C2=O)C(C)C)C1. The molecule has 0 spiro atoms. The van der Waals surface area contributed by atoms with Gasteiger partial charge in [0.1, 0.15) is 18.1 Å². The van der Waals surface area contributed by atoms with Gasteiger partial charge in [-0.3, -0.25) is 29.0 Å². The van der Waals surface area contributed by atoms with Gasteiger partial charge in [-0.25, -0.2) is 10.4 Å². The highest BCUT2D eigenvalue weighted by Crippen LogP contribution is 2.40. The molecule has 0 saturated carbocycles. The summed E-state index contributed by atoms with van der Waals surface area (Å²) >= 11 is 1.40. The molecular formula is C48H66N8O7S. The lowest BCUT2D eigenvalue weighted by molar-refractivity contribution is -0.155. The molecule has 2 fully saturated rings. The Bertz CT molecular complexity index is 2330. The maximum atomic E-state index is 14.6. The molecule has 0 radical (unpaired) electrons. The number of hydrogen-bond donors (Lipinski definition) is 3. The Kier molecular flexibility index (Phi) is 15.2. The highest BCUT2D eigenvalue weighted by atomic mass is 32.1. The fourth-order valence-electron chi connectivity index (χ4n) is 9.23. The molecular weight excluding hydrogens is 833 g/mol. The zero-order valence-corrected chi connectivity index (χ0v) is 39.7. The molecule has 0 aliphatic carbocycles. The molecule has 5 heterocycles. The van der Waals surface area contributed by atoms with Gasteiger partial charge in [-0.1, -0.05) is 52.5 Å². The summed E-state index contributed by atoms with van der Waals surface area (Å²) < 4.78 is 14.1. The average molecular weight is 899 g/mol. The molecule has 16 heteroatoms. The van der Waals surface area contributed by atoms with Crippen LogP contribution in [-0.4, -0.2) is 119 Å². The summed E-state index contributed by atoms with van der Waals surface area (Å²) in [4.78, 5) is 77.1. The van der Waals surface area contributed by atoms with Gasteiger partial charge in [-0.05, 0) is 76.1 Å². The number of allylic oxidation sites excluding steroid dienone is 3. The fraction of sp³-hybridized carbons (Fsp3) is 0.542. The second-order valence-electron chi connectivity index (χ2n) is 18.3. The number of fused-ring (bicyclic) bond motifs is 6. The normalized spacial score (nSPS) is 21.9. The van der Waals surface area contributed by atoms with E-state index >= 15 is 0 Å². The molecule has 4 amide bonds. The van der Waals surface area contributed by atoms with Gasteiger partial charge in [0.2, 0.25) is 17.7 Å². The topological polar surface area (TPSA) is 181 Å². The number of aryl methyl sites for hydroxylation is 1. The van der Waals surface area contributed by atoms with Crippen LogP contribution in [0.3, 0.4) is 0 Å². The number of nitrogens with two attached hydrogens (primary N) is 1. The smallest absolute Gasteiger partial charge is 0.324 e. The molecule has 2 aromatic heterocycles. The van der Waals surface area contributed by atoms with Crippen LogP contribution < -0.4 is 16.5 Å². The molecule has 3 aromatic rings. The highest BCUT2D eigenvalue weighted by molar-refractivity contribution is 7.10. The van der Waals surface area contributed by atoms with Crippen molar-refractivity contribution in [2.75, 3.05) is 40.4 Å². The number of methoxy groups -OCH3 is 1. The quantitative estimate of drug-likeness (QED) is 0.131. The molecule has 3 aliphatic heterocycles. The van der Waals surface area contributed by atoms with Crippen molar-refractivity contribution >= 4 is 57.4 Å². The van der Waals surface area contributed by atoms with Crippen molar-refractivity contribution in [3.05, 3.63) is 70.3 Å². The number of ether oxygens (including phenoxy) is 2. The van der Waals surface area contributed by atoms with Crippen LogP contribution in [0.4, 0.5) is 0 Å². The number of thiazole rings is 1. The number of amides is 4. The molecule has 6 rings (SSSR count). The first kappa shape index (κ1) is 48.1. The van der Waals surface area contributed by atoms with Gasteiger partial charge < -0.3 is 34.9 Å². The van der Waals surface area contributed by atoms with Crippen LogP contribution in [0.1, 0.15) is 84.0 Å². The molecule has 6 bridgehead atoms. The van der Waals surface area contributed by atoms with Crippen molar-refractivity contribution in [3.63, 3.8) is 0 Å². The lowest BCUT2D eigenvalue weighted by Gasteiger charge is -2.36. The number of benzene rings is 1. The minimum atomic E-state index is -1.09. The van der Waals surface area contributed by atoms with Gasteiger partial charge in [0, 0.05) is 85.3 Å². The molecule has 4 N–H and O–H groups in total. The Labute approximate surface area is 381 Å². The monoisotopic (exact) mass is 898 g/mol. The van der Waals surface area contributed by atoms with E-state index in [9.17, 15) is 24.0 Å². The predicted octanol–water partition coefficient (Wildman–Crippen LogP) is 5.23. The first-order valence-electron chi connectivity index (χ1n) is 22.4. The maximum Gasteiger partial charge on any atom is 0.324 e. The fourth-order valence-corrected chi connectivity index (χ4v) is 10.1. The van der Waals surface area contributed by atoms with E-state index in [2.05, 4.69) is 54.8 Å². The van der Waals surface area contributed by atoms with Crippen molar-refractivity contribution in [1.82, 2.24) is 35.1 Å². The van der Waals surface area contributed by atoms with Crippen LogP contribution >= 0.6 is 11.3 Å². The summed E-state index contributed by atoms with van der Waals surface area (Å²) in [7, 11) is 3.24. The summed E-state index contributed by atoms with van der Waals surface area (Å²) in [6.07, 6.45) is 6.98. The summed E-state index contributed by atoms with van der Waals surface area (Å²) in [5.74, 6) is -2.66. The third-order valence-electron chi connectivity index (χ3n) is 12.7. The van der Waals surface area contributed by atoms with E-state index in [4.69, 9.17) is 20.2 Å². The first-order chi connectivity index (χ1) is 30.4. The minimum Gasteiger partial charge on any atom is -0.464 e. The third kappa shape index (κ3) is 10.1. The molecule has 5 atom stereocenters. The summed E-state index contributed by atoms with van der Waals surface area (Å²) in [5.41, 5.74) is 15.6. The number of nitrogens with one attached hydrogen (secondary N) is 2. The van der Waals surface area contributed by atoms with E-state index < -0.39 is 47.2 Å². The Morgan fingerprint density at radius 2 is 1.94 bits per heavy atom. The van der Waals surface area contributed by atoms with Crippen LogP contribution in [0.2, 0.25) is 0 Å². The summed E-state index contributed by atoms with van der Waals surface area (Å²) in [6, 6.07) is 3.50. The zero-order chi connectivity index (χ0) is 46.6. The van der Waals surface area contributed by atoms with E-state index in [1.807, 2.05) is 51.3 Å². The molecule has 3 aliphatic rings. The van der Waals surface area contributed by atoms with Crippen molar-refractivity contribution in [2.24, 2.45) is 23.0 Å². The number of cyclic esters (lactones) is 1. The number of esters is 1. The van der Waals surface area contributed by atoms with Gasteiger partial charge in [0.15, 0.2) is 0 Å². The Morgan fingerprint density at radius 1 is 1.19 bits per heavy atom. The number of hydrogen-bond acceptors (Lipinski definition) is 11. The first-order valence-corrected chi connectivity index (χ1v) is 23.3. The molecule has 15 nitrogen and oxygen atoms in total. The van der Waals surface area contributed by atoms with Gasteiger partial charge in [-0.2, -0.15) is 0 Å². The zero-order valence-electron chi connectivity index (χ0n) is 38.9. The lowest BCUT2D eigenvalue weighted by Crippen LogP contribution is -2.62. The van der Waals surface area contributed by atoms with Crippen LogP contribution in [0, 0.1) is 17.3 Å². The van der Waals surface area contributed by atoms with Gasteiger partial charge in [0.05, 0.1) is 35.0 Å². The largest absolute Gasteiger partial charge is 0.464 e. The number of likely N-dealkylation sites (tertiary alicyclic amines) is 1. The van der Waals surface area contributed by atoms with Crippen LogP contribution in [0.25, 0.3) is 27.7 Å². The number of carbonyl (C=O) groups is 5. The van der Waals surface area contributed by atoms with E-state index in [0.29, 0.717) is 56.0 Å².